The van der Waals surface area contributed by atoms with E-state index in [1.54, 1.807) is 24.1 Å². The lowest BCUT2D eigenvalue weighted by molar-refractivity contribution is 0.160. The maximum atomic E-state index is 12.6. The summed E-state index contributed by atoms with van der Waals surface area (Å²) in [5.41, 5.74) is 0.614. The molecule has 118 valence electrons. The number of para-hydroxylation sites is 1. The highest BCUT2D eigenvalue weighted by atomic mass is 16.5. The minimum atomic E-state index is -0.00631. The summed E-state index contributed by atoms with van der Waals surface area (Å²) in [5.74, 6) is 1.56. The topological polar surface area (TPSA) is 64.3 Å². The summed E-state index contributed by atoms with van der Waals surface area (Å²) >= 11 is 0. The predicted octanol–water partition coefficient (Wildman–Crippen LogP) is 2.20. The number of ether oxygens (including phenoxy) is 1. The average Bonchev–Trinajstić information content (AvgIpc) is 2.57. The van der Waals surface area contributed by atoms with E-state index in [1.807, 2.05) is 12.1 Å². The number of rotatable bonds is 4. The highest BCUT2D eigenvalue weighted by Crippen LogP contribution is 2.29. The number of hydrogen-bond acceptors (Lipinski definition) is 4. The summed E-state index contributed by atoms with van der Waals surface area (Å²) in [6, 6.07) is 5.43. The molecule has 0 unspecified atom stereocenters. The van der Waals surface area contributed by atoms with Crippen LogP contribution in [-0.2, 0) is 6.54 Å². The lowest BCUT2D eigenvalue weighted by Crippen LogP contribution is -2.27. The Labute approximate surface area is 129 Å². The third kappa shape index (κ3) is 2.86. The molecule has 1 aromatic heterocycles. The van der Waals surface area contributed by atoms with Gasteiger partial charge < -0.3 is 9.84 Å². The number of aliphatic hydroxyl groups excluding tert-OH is 1. The van der Waals surface area contributed by atoms with Gasteiger partial charge in [-0.2, -0.15) is 0 Å². The monoisotopic (exact) mass is 302 g/mol. The molecule has 1 heterocycles. The molecule has 1 aromatic carbocycles. The number of aromatic nitrogens is 2. The number of hydrogen-bond donors (Lipinski definition) is 1. The quantitative estimate of drug-likeness (QED) is 0.940. The molecule has 0 spiro atoms. The second-order valence-electron chi connectivity index (χ2n) is 6.13. The Kier molecular flexibility index (Phi) is 4.43. The molecule has 0 aliphatic heterocycles. The van der Waals surface area contributed by atoms with Crippen LogP contribution in [0.1, 0.15) is 25.7 Å². The van der Waals surface area contributed by atoms with E-state index in [9.17, 15) is 9.90 Å². The van der Waals surface area contributed by atoms with Gasteiger partial charge in [0.25, 0.3) is 5.56 Å². The number of aliphatic hydroxyl groups is 1. The molecule has 0 atom stereocenters. The van der Waals surface area contributed by atoms with Crippen LogP contribution in [0.25, 0.3) is 10.9 Å². The van der Waals surface area contributed by atoms with Crippen molar-refractivity contribution in [2.75, 3.05) is 13.7 Å². The van der Waals surface area contributed by atoms with Gasteiger partial charge in [0.1, 0.15) is 11.3 Å². The molecule has 1 aliphatic rings. The molecule has 0 amide bonds. The Morgan fingerprint density at radius 3 is 2.68 bits per heavy atom. The molecule has 0 radical (unpaired) electrons. The average molecular weight is 302 g/mol. The van der Waals surface area contributed by atoms with Crippen LogP contribution in [0, 0.1) is 11.8 Å². The van der Waals surface area contributed by atoms with Crippen LogP contribution >= 0.6 is 0 Å². The van der Waals surface area contributed by atoms with E-state index in [0.717, 1.165) is 25.7 Å². The van der Waals surface area contributed by atoms with Gasteiger partial charge in [-0.25, -0.2) is 4.98 Å². The van der Waals surface area contributed by atoms with Crippen molar-refractivity contribution >= 4 is 10.9 Å². The first-order valence-corrected chi connectivity index (χ1v) is 7.86. The number of methoxy groups -OCH3 is 1. The summed E-state index contributed by atoms with van der Waals surface area (Å²) in [7, 11) is 1.58. The highest BCUT2D eigenvalue weighted by molar-refractivity contribution is 5.83. The van der Waals surface area contributed by atoms with E-state index in [2.05, 4.69) is 4.98 Å². The fraction of sp³-hybridized carbons (Fsp3) is 0.529. The first kappa shape index (κ1) is 15.0. The van der Waals surface area contributed by atoms with Crippen LogP contribution in [-0.4, -0.2) is 28.4 Å². The van der Waals surface area contributed by atoms with Gasteiger partial charge in [-0.05, 0) is 49.7 Å². The SMILES string of the molecule is COc1cccc2c(=O)n(CC3CCC(CO)CC3)cnc12. The highest BCUT2D eigenvalue weighted by Gasteiger charge is 2.21. The summed E-state index contributed by atoms with van der Waals surface area (Å²) < 4.78 is 6.98. The van der Waals surface area contributed by atoms with E-state index in [4.69, 9.17) is 4.74 Å². The van der Waals surface area contributed by atoms with Crippen molar-refractivity contribution in [1.82, 2.24) is 9.55 Å². The van der Waals surface area contributed by atoms with Gasteiger partial charge in [0.15, 0.2) is 0 Å². The zero-order chi connectivity index (χ0) is 15.5. The molecule has 5 nitrogen and oxygen atoms in total. The van der Waals surface area contributed by atoms with Gasteiger partial charge >= 0.3 is 0 Å². The van der Waals surface area contributed by atoms with E-state index in [0.29, 0.717) is 35.0 Å². The summed E-state index contributed by atoms with van der Waals surface area (Å²) in [4.78, 5) is 17.0. The molecular weight excluding hydrogens is 280 g/mol. The van der Waals surface area contributed by atoms with Crippen LogP contribution in [0.5, 0.6) is 5.75 Å². The third-order valence-electron chi connectivity index (χ3n) is 4.72. The summed E-state index contributed by atoms with van der Waals surface area (Å²) in [5, 5.41) is 9.80. The molecule has 5 heteroatoms. The minimum absolute atomic E-state index is 0.00631. The smallest absolute Gasteiger partial charge is 0.261 e. The molecule has 3 rings (SSSR count). The first-order valence-electron chi connectivity index (χ1n) is 7.86. The lowest BCUT2D eigenvalue weighted by atomic mass is 9.82. The van der Waals surface area contributed by atoms with E-state index in [-0.39, 0.29) is 12.2 Å². The number of nitrogens with zero attached hydrogens (tertiary/aromatic N) is 2. The van der Waals surface area contributed by atoms with Crippen LogP contribution in [0.2, 0.25) is 0 Å². The molecule has 1 N–H and O–H groups in total. The predicted molar refractivity (Wildman–Crippen MR) is 85.1 cm³/mol. The van der Waals surface area contributed by atoms with Crippen LogP contribution in [0.4, 0.5) is 0 Å². The van der Waals surface area contributed by atoms with Crippen LogP contribution in [0.3, 0.4) is 0 Å². The van der Waals surface area contributed by atoms with Crippen LogP contribution in [0.15, 0.2) is 29.3 Å². The third-order valence-corrected chi connectivity index (χ3v) is 4.72. The Hall–Kier alpha value is -1.88. The zero-order valence-electron chi connectivity index (χ0n) is 12.9. The van der Waals surface area contributed by atoms with Crippen LogP contribution < -0.4 is 10.3 Å². The molecule has 1 fully saturated rings. The molecule has 2 aromatic rings. The van der Waals surface area contributed by atoms with E-state index >= 15 is 0 Å². The largest absolute Gasteiger partial charge is 0.494 e. The minimum Gasteiger partial charge on any atom is -0.494 e. The first-order chi connectivity index (χ1) is 10.7. The van der Waals surface area contributed by atoms with E-state index in [1.165, 1.54) is 0 Å². The Morgan fingerprint density at radius 2 is 2.00 bits per heavy atom. The van der Waals surface area contributed by atoms with Crippen molar-refractivity contribution in [2.24, 2.45) is 11.8 Å². The van der Waals surface area contributed by atoms with Gasteiger partial charge in [-0.15, -0.1) is 0 Å². The standard InChI is InChI=1S/C17H22N2O3/c1-22-15-4-2-3-14-16(15)18-11-19(17(14)21)9-12-5-7-13(10-20)8-6-12/h2-4,11-13,20H,5-10H2,1H3. The van der Waals surface area contributed by atoms with Crippen molar-refractivity contribution in [1.29, 1.82) is 0 Å². The molecular formula is C17H22N2O3. The molecule has 22 heavy (non-hydrogen) atoms. The number of fused-ring (bicyclic) bond motifs is 1. The maximum absolute atomic E-state index is 12.6. The van der Waals surface area contributed by atoms with E-state index < -0.39 is 0 Å². The number of benzene rings is 1. The Bertz CT molecular complexity index is 703. The van der Waals surface area contributed by atoms with Crippen molar-refractivity contribution in [3.05, 3.63) is 34.9 Å². The van der Waals surface area contributed by atoms with Gasteiger partial charge in [0, 0.05) is 13.2 Å². The van der Waals surface area contributed by atoms with Gasteiger partial charge in [-0.1, -0.05) is 6.07 Å². The second-order valence-corrected chi connectivity index (χ2v) is 6.13. The Morgan fingerprint density at radius 1 is 1.27 bits per heavy atom. The summed E-state index contributed by atoms with van der Waals surface area (Å²) in [6.45, 7) is 0.987. The summed E-state index contributed by atoms with van der Waals surface area (Å²) in [6.07, 6.45) is 5.85. The van der Waals surface area contributed by atoms with Crippen molar-refractivity contribution in [3.8, 4) is 5.75 Å². The Balaban J connectivity index is 1.83. The zero-order valence-corrected chi connectivity index (χ0v) is 12.9. The molecule has 1 saturated carbocycles. The molecule has 0 saturated heterocycles. The van der Waals surface area contributed by atoms with Gasteiger partial charge in [-0.3, -0.25) is 9.36 Å². The van der Waals surface area contributed by atoms with Gasteiger partial charge in [0.2, 0.25) is 0 Å². The second kappa shape index (κ2) is 6.48. The van der Waals surface area contributed by atoms with Crippen molar-refractivity contribution < 1.29 is 9.84 Å². The van der Waals surface area contributed by atoms with Gasteiger partial charge in [0.05, 0.1) is 18.8 Å². The lowest BCUT2D eigenvalue weighted by Gasteiger charge is -2.27. The van der Waals surface area contributed by atoms with Crippen molar-refractivity contribution in [3.63, 3.8) is 0 Å². The molecule has 0 bridgehead atoms. The normalized spacial score (nSPS) is 21.9. The maximum Gasteiger partial charge on any atom is 0.261 e. The fourth-order valence-corrected chi connectivity index (χ4v) is 3.33. The van der Waals surface area contributed by atoms with Crippen molar-refractivity contribution in [2.45, 2.75) is 32.2 Å². The fourth-order valence-electron chi connectivity index (χ4n) is 3.33. The molecule has 1 aliphatic carbocycles.